The molecule has 4 N–H and O–H groups in total. The number of imidazole rings is 1. The molecule has 0 aliphatic rings. The Hall–Kier alpha value is -1.79. The number of rotatable bonds is 6. The summed E-state index contributed by atoms with van der Waals surface area (Å²) in [4.78, 5) is 19.2. The molecule has 0 spiro atoms. The summed E-state index contributed by atoms with van der Waals surface area (Å²) in [5.74, 6) is 1.49. The van der Waals surface area contributed by atoms with Crippen molar-refractivity contribution in [3.63, 3.8) is 0 Å². The van der Waals surface area contributed by atoms with Crippen molar-refractivity contribution in [2.24, 2.45) is 5.73 Å². The number of aromatic amines is 1. The molecule has 1 aromatic carbocycles. The molecule has 5 nitrogen and oxygen atoms in total. The molecule has 0 saturated heterocycles. The highest BCUT2D eigenvalue weighted by molar-refractivity contribution is 7.98. The Balaban J connectivity index is 2.03. The van der Waals surface area contributed by atoms with Gasteiger partial charge in [-0.1, -0.05) is 12.1 Å². The summed E-state index contributed by atoms with van der Waals surface area (Å²) in [5, 5.41) is 2.84. The number of amides is 1. The first-order chi connectivity index (χ1) is 9.70. The Bertz CT molecular complexity index is 556. The number of nitrogens with zero attached hydrogens (tertiary/aromatic N) is 1. The second-order valence-corrected chi connectivity index (χ2v) is 5.38. The summed E-state index contributed by atoms with van der Waals surface area (Å²) in [5.41, 5.74) is 7.49. The summed E-state index contributed by atoms with van der Waals surface area (Å²) in [6.07, 6.45) is 6.13. The van der Waals surface area contributed by atoms with Crippen LogP contribution in [0.25, 0.3) is 11.4 Å². The third kappa shape index (κ3) is 3.85. The van der Waals surface area contributed by atoms with Crippen molar-refractivity contribution in [3.05, 3.63) is 36.7 Å². The zero-order valence-corrected chi connectivity index (χ0v) is 12.1. The molecule has 1 amide bonds. The van der Waals surface area contributed by atoms with Crippen molar-refractivity contribution in [2.45, 2.75) is 12.5 Å². The van der Waals surface area contributed by atoms with Crippen LogP contribution in [0.15, 0.2) is 36.7 Å². The predicted molar refractivity (Wildman–Crippen MR) is 83.6 cm³/mol. The average Bonchev–Trinajstić information content (AvgIpc) is 2.99. The Kier molecular flexibility index (Phi) is 5.20. The quantitative estimate of drug-likeness (QED) is 0.760. The second-order valence-electron chi connectivity index (χ2n) is 4.40. The molecule has 1 heterocycles. The Labute approximate surface area is 122 Å². The normalized spacial score (nSPS) is 12.1. The minimum Gasteiger partial charge on any atom is -0.345 e. The van der Waals surface area contributed by atoms with E-state index in [-0.39, 0.29) is 5.91 Å². The largest absolute Gasteiger partial charge is 0.345 e. The van der Waals surface area contributed by atoms with Gasteiger partial charge in [-0.05, 0) is 30.6 Å². The smallest absolute Gasteiger partial charge is 0.241 e. The number of benzene rings is 1. The molecular weight excluding hydrogens is 272 g/mol. The lowest BCUT2D eigenvalue weighted by molar-refractivity contribution is -0.117. The third-order valence-electron chi connectivity index (χ3n) is 2.87. The van der Waals surface area contributed by atoms with Crippen LogP contribution in [0.2, 0.25) is 0 Å². The van der Waals surface area contributed by atoms with E-state index in [4.69, 9.17) is 5.73 Å². The first kappa shape index (κ1) is 14.6. The number of thioether (sulfide) groups is 1. The van der Waals surface area contributed by atoms with E-state index in [2.05, 4.69) is 15.3 Å². The monoisotopic (exact) mass is 290 g/mol. The molecule has 0 radical (unpaired) electrons. The van der Waals surface area contributed by atoms with Gasteiger partial charge in [-0.3, -0.25) is 4.79 Å². The van der Waals surface area contributed by atoms with Gasteiger partial charge in [-0.15, -0.1) is 0 Å². The maximum Gasteiger partial charge on any atom is 0.241 e. The lowest BCUT2D eigenvalue weighted by atomic mass is 10.1. The van der Waals surface area contributed by atoms with Crippen LogP contribution in [0, 0.1) is 0 Å². The number of nitrogens with one attached hydrogen (secondary N) is 2. The van der Waals surface area contributed by atoms with Crippen LogP contribution in [-0.4, -0.2) is 33.9 Å². The summed E-state index contributed by atoms with van der Waals surface area (Å²) in [6, 6.07) is 7.04. The molecule has 0 unspecified atom stereocenters. The molecule has 106 valence electrons. The van der Waals surface area contributed by atoms with Gasteiger partial charge >= 0.3 is 0 Å². The SMILES string of the molecule is CSCC[C@H](N)C(=O)Nc1cccc(-c2ncc[nH]2)c1. The summed E-state index contributed by atoms with van der Waals surface area (Å²) in [7, 11) is 0. The van der Waals surface area contributed by atoms with Crippen molar-refractivity contribution in [1.29, 1.82) is 0 Å². The van der Waals surface area contributed by atoms with Crippen molar-refractivity contribution >= 4 is 23.4 Å². The Morgan fingerprint density at radius 1 is 1.55 bits per heavy atom. The zero-order chi connectivity index (χ0) is 14.4. The van der Waals surface area contributed by atoms with E-state index in [9.17, 15) is 4.79 Å². The highest BCUT2D eigenvalue weighted by atomic mass is 32.2. The van der Waals surface area contributed by atoms with Crippen LogP contribution >= 0.6 is 11.8 Å². The molecule has 1 atom stereocenters. The highest BCUT2D eigenvalue weighted by Gasteiger charge is 2.13. The average molecular weight is 290 g/mol. The maximum atomic E-state index is 11.9. The van der Waals surface area contributed by atoms with E-state index in [0.29, 0.717) is 6.42 Å². The van der Waals surface area contributed by atoms with Crippen LogP contribution in [0.5, 0.6) is 0 Å². The van der Waals surface area contributed by atoms with Gasteiger partial charge in [-0.25, -0.2) is 4.98 Å². The lowest BCUT2D eigenvalue weighted by Crippen LogP contribution is -2.36. The van der Waals surface area contributed by atoms with Gasteiger partial charge in [0.25, 0.3) is 0 Å². The molecule has 0 fully saturated rings. The van der Waals surface area contributed by atoms with E-state index < -0.39 is 6.04 Å². The number of carbonyl (C=O) groups excluding carboxylic acids is 1. The maximum absolute atomic E-state index is 11.9. The van der Waals surface area contributed by atoms with Gasteiger partial charge in [0.2, 0.25) is 5.91 Å². The summed E-state index contributed by atoms with van der Waals surface area (Å²) >= 11 is 1.68. The number of hydrogen-bond acceptors (Lipinski definition) is 4. The topological polar surface area (TPSA) is 83.8 Å². The van der Waals surface area contributed by atoms with E-state index in [1.807, 2.05) is 30.5 Å². The summed E-state index contributed by atoms with van der Waals surface area (Å²) < 4.78 is 0. The van der Waals surface area contributed by atoms with Crippen molar-refractivity contribution in [2.75, 3.05) is 17.3 Å². The predicted octanol–water partition coefficient (Wildman–Crippen LogP) is 2.10. The first-order valence-corrected chi connectivity index (χ1v) is 7.75. The fourth-order valence-electron chi connectivity index (χ4n) is 1.78. The highest BCUT2D eigenvalue weighted by Crippen LogP contribution is 2.19. The second kappa shape index (κ2) is 7.12. The van der Waals surface area contributed by atoms with Crippen molar-refractivity contribution < 1.29 is 4.79 Å². The molecule has 2 rings (SSSR count). The number of anilines is 1. The van der Waals surface area contributed by atoms with E-state index in [1.165, 1.54) is 0 Å². The molecule has 0 saturated carbocycles. The standard InChI is InChI=1S/C14H18N4OS/c1-20-8-5-12(15)14(19)18-11-4-2-3-10(9-11)13-16-6-7-17-13/h2-4,6-7,9,12H,5,8,15H2,1H3,(H,16,17)(H,18,19)/t12-/m0/s1. The van der Waals surface area contributed by atoms with Gasteiger partial charge < -0.3 is 16.0 Å². The Morgan fingerprint density at radius 2 is 2.40 bits per heavy atom. The molecule has 1 aromatic heterocycles. The van der Waals surface area contributed by atoms with Crippen LogP contribution in [0.4, 0.5) is 5.69 Å². The van der Waals surface area contributed by atoms with E-state index in [0.717, 1.165) is 22.8 Å². The van der Waals surface area contributed by atoms with Crippen LogP contribution in [0.3, 0.4) is 0 Å². The van der Waals surface area contributed by atoms with Gasteiger partial charge in [0.15, 0.2) is 0 Å². The van der Waals surface area contributed by atoms with Crippen LogP contribution in [-0.2, 0) is 4.79 Å². The van der Waals surface area contributed by atoms with Crippen LogP contribution in [0.1, 0.15) is 6.42 Å². The fraction of sp³-hybridized carbons (Fsp3) is 0.286. The number of nitrogens with two attached hydrogens (primary N) is 1. The van der Waals surface area contributed by atoms with Crippen molar-refractivity contribution in [1.82, 2.24) is 9.97 Å². The van der Waals surface area contributed by atoms with Gasteiger partial charge in [0.05, 0.1) is 6.04 Å². The molecule has 2 aromatic rings. The number of hydrogen-bond donors (Lipinski definition) is 3. The Morgan fingerprint density at radius 3 is 3.10 bits per heavy atom. The number of carbonyl (C=O) groups is 1. The van der Waals surface area contributed by atoms with Gasteiger partial charge in [0, 0.05) is 23.6 Å². The number of H-pyrrole nitrogens is 1. The first-order valence-electron chi connectivity index (χ1n) is 6.36. The van der Waals surface area contributed by atoms with Crippen LogP contribution < -0.4 is 11.1 Å². The lowest BCUT2D eigenvalue weighted by Gasteiger charge is -2.12. The van der Waals surface area contributed by atoms with E-state index in [1.54, 1.807) is 24.2 Å². The van der Waals surface area contributed by atoms with E-state index >= 15 is 0 Å². The summed E-state index contributed by atoms with van der Waals surface area (Å²) in [6.45, 7) is 0. The van der Waals surface area contributed by atoms with Gasteiger partial charge in [-0.2, -0.15) is 11.8 Å². The molecule has 20 heavy (non-hydrogen) atoms. The minimum absolute atomic E-state index is 0.157. The minimum atomic E-state index is -0.477. The molecule has 0 aliphatic heterocycles. The fourth-order valence-corrected chi connectivity index (χ4v) is 2.27. The third-order valence-corrected chi connectivity index (χ3v) is 3.52. The van der Waals surface area contributed by atoms with Gasteiger partial charge in [0.1, 0.15) is 5.82 Å². The number of aromatic nitrogens is 2. The molecule has 6 heteroatoms. The van der Waals surface area contributed by atoms with Crippen molar-refractivity contribution in [3.8, 4) is 11.4 Å². The molecular formula is C14H18N4OS. The molecule has 0 bridgehead atoms. The zero-order valence-electron chi connectivity index (χ0n) is 11.3. The molecule has 0 aliphatic carbocycles.